The Morgan fingerprint density at radius 3 is 2.68 bits per heavy atom. The van der Waals surface area contributed by atoms with Crippen LogP contribution in [0.1, 0.15) is 21.6 Å². The van der Waals surface area contributed by atoms with Crippen LogP contribution in [-0.4, -0.2) is 10.9 Å². The number of benzene rings is 1. The zero-order valence-corrected chi connectivity index (χ0v) is 11.2. The van der Waals surface area contributed by atoms with Gasteiger partial charge in [-0.25, -0.2) is 0 Å². The normalized spacial score (nSPS) is 10.2. The molecule has 0 bridgehead atoms. The minimum absolute atomic E-state index is 0.236. The van der Waals surface area contributed by atoms with Crippen LogP contribution in [0.4, 0.5) is 5.69 Å². The molecule has 4 nitrogen and oxygen atoms in total. The van der Waals surface area contributed by atoms with E-state index in [1.165, 1.54) is 6.20 Å². The van der Waals surface area contributed by atoms with Gasteiger partial charge in [0.15, 0.2) is 0 Å². The number of aryl methyl sites for hydroxylation is 1. The van der Waals surface area contributed by atoms with Crippen molar-refractivity contribution in [2.75, 3.05) is 5.73 Å². The Labute approximate surface area is 116 Å². The molecule has 0 fully saturated rings. The average molecular weight is 276 g/mol. The van der Waals surface area contributed by atoms with Crippen molar-refractivity contribution in [2.24, 2.45) is 0 Å². The van der Waals surface area contributed by atoms with E-state index in [1.54, 1.807) is 18.2 Å². The SMILES string of the molecule is Cc1cc(N)c(C(=O)NCc2ccc(Cl)cc2)cn1. The quantitative estimate of drug-likeness (QED) is 0.904. The maximum Gasteiger partial charge on any atom is 0.255 e. The molecule has 1 heterocycles. The summed E-state index contributed by atoms with van der Waals surface area (Å²) in [7, 11) is 0. The number of aromatic nitrogens is 1. The van der Waals surface area contributed by atoms with E-state index in [1.807, 2.05) is 19.1 Å². The highest BCUT2D eigenvalue weighted by Gasteiger charge is 2.09. The molecular weight excluding hydrogens is 262 g/mol. The van der Waals surface area contributed by atoms with Crippen LogP contribution in [0.25, 0.3) is 0 Å². The molecule has 0 aliphatic heterocycles. The van der Waals surface area contributed by atoms with Crippen LogP contribution < -0.4 is 11.1 Å². The first-order valence-corrected chi connectivity index (χ1v) is 6.19. The van der Waals surface area contributed by atoms with E-state index in [2.05, 4.69) is 10.3 Å². The lowest BCUT2D eigenvalue weighted by Crippen LogP contribution is -2.24. The van der Waals surface area contributed by atoms with Crippen molar-refractivity contribution >= 4 is 23.2 Å². The molecule has 0 saturated heterocycles. The van der Waals surface area contributed by atoms with Gasteiger partial charge in [0, 0.05) is 29.1 Å². The highest BCUT2D eigenvalue weighted by atomic mass is 35.5. The summed E-state index contributed by atoms with van der Waals surface area (Å²) in [5.41, 5.74) is 8.37. The van der Waals surface area contributed by atoms with Crippen molar-refractivity contribution in [1.29, 1.82) is 0 Å². The molecule has 0 spiro atoms. The summed E-state index contributed by atoms with van der Waals surface area (Å²) in [5, 5.41) is 3.46. The summed E-state index contributed by atoms with van der Waals surface area (Å²) in [6.45, 7) is 2.25. The van der Waals surface area contributed by atoms with Crippen LogP contribution in [0.5, 0.6) is 0 Å². The van der Waals surface area contributed by atoms with Gasteiger partial charge in [0.05, 0.1) is 5.56 Å². The van der Waals surface area contributed by atoms with E-state index in [4.69, 9.17) is 17.3 Å². The maximum absolute atomic E-state index is 12.0. The Hall–Kier alpha value is -2.07. The van der Waals surface area contributed by atoms with Gasteiger partial charge in [0.25, 0.3) is 5.91 Å². The van der Waals surface area contributed by atoms with Gasteiger partial charge < -0.3 is 11.1 Å². The van der Waals surface area contributed by atoms with Crippen LogP contribution in [0.3, 0.4) is 0 Å². The maximum atomic E-state index is 12.0. The number of anilines is 1. The molecule has 1 aromatic heterocycles. The van der Waals surface area contributed by atoms with Crippen LogP contribution >= 0.6 is 11.6 Å². The lowest BCUT2D eigenvalue weighted by Gasteiger charge is -2.08. The Kier molecular flexibility index (Phi) is 4.02. The lowest BCUT2D eigenvalue weighted by atomic mass is 10.2. The van der Waals surface area contributed by atoms with Crippen molar-refractivity contribution < 1.29 is 4.79 Å². The van der Waals surface area contributed by atoms with Crippen LogP contribution in [-0.2, 0) is 6.54 Å². The molecule has 0 unspecified atom stereocenters. The van der Waals surface area contributed by atoms with E-state index in [0.29, 0.717) is 22.8 Å². The van der Waals surface area contributed by atoms with Gasteiger partial charge in [-0.3, -0.25) is 9.78 Å². The topological polar surface area (TPSA) is 68.0 Å². The highest BCUT2D eigenvalue weighted by molar-refractivity contribution is 6.30. The highest BCUT2D eigenvalue weighted by Crippen LogP contribution is 2.12. The number of rotatable bonds is 3. The summed E-state index contributed by atoms with van der Waals surface area (Å²) in [6, 6.07) is 8.96. The Morgan fingerprint density at radius 2 is 2.05 bits per heavy atom. The van der Waals surface area contributed by atoms with Crippen LogP contribution in [0, 0.1) is 6.92 Å². The van der Waals surface area contributed by atoms with Gasteiger partial charge in [-0.2, -0.15) is 0 Å². The molecule has 98 valence electrons. The predicted molar refractivity (Wildman–Crippen MR) is 76.0 cm³/mol. The molecule has 0 aliphatic carbocycles. The van der Waals surface area contributed by atoms with E-state index in [9.17, 15) is 4.79 Å². The van der Waals surface area contributed by atoms with E-state index >= 15 is 0 Å². The second-order valence-corrected chi connectivity index (χ2v) is 4.66. The van der Waals surface area contributed by atoms with Crippen molar-refractivity contribution in [3.8, 4) is 0 Å². The fraction of sp³-hybridized carbons (Fsp3) is 0.143. The minimum Gasteiger partial charge on any atom is -0.398 e. The van der Waals surface area contributed by atoms with Crippen molar-refractivity contribution in [3.05, 3.63) is 58.4 Å². The zero-order chi connectivity index (χ0) is 13.8. The van der Waals surface area contributed by atoms with E-state index in [-0.39, 0.29) is 5.91 Å². The zero-order valence-electron chi connectivity index (χ0n) is 10.5. The van der Waals surface area contributed by atoms with E-state index in [0.717, 1.165) is 11.3 Å². The fourth-order valence-electron chi connectivity index (χ4n) is 1.65. The lowest BCUT2D eigenvalue weighted by molar-refractivity contribution is 0.0951. The van der Waals surface area contributed by atoms with Gasteiger partial charge in [0.1, 0.15) is 0 Å². The summed E-state index contributed by atoms with van der Waals surface area (Å²) < 4.78 is 0. The first-order valence-electron chi connectivity index (χ1n) is 5.81. The van der Waals surface area contributed by atoms with Crippen molar-refractivity contribution in [3.63, 3.8) is 0 Å². The van der Waals surface area contributed by atoms with Gasteiger partial charge in [-0.15, -0.1) is 0 Å². The Morgan fingerprint density at radius 1 is 1.37 bits per heavy atom. The molecule has 3 N–H and O–H groups in total. The molecule has 0 aliphatic rings. The van der Waals surface area contributed by atoms with Crippen LogP contribution in [0.2, 0.25) is 5.02 Å². The Bertz CT molecular complexity index is 596. The summed E-state index contributed by atoms with van der Waals surface area (Å²) >= 11 is 5.79. The third-order valence-corrected chi connectivity index (χ3v) is 2.94. The number of nitrogens with one attached hydrogen (secondary N) is 1. The predicted octanol–water partition coefficient (Wildman–Crippen LogP) is 2.56. The molecule has 2 aromatic rings. The molecule has 0 atom stereocenters. The molecular formula is C14H14ClN3O. The number of nitrogens with zero attached hydrogens (tertiary/aromatic N) is 1. The van der Waals surface area contributed by atoms with Crippen molar-refractivity contribution in [2.45, 2.75) is 13.5 Å². The second-order valence-electron chi connectivity index (χ2n) is 4.22. The number of nitrogen functional groups attached to an aromatic ring is 1. The number of carbonyl (C=O) groups excluding carboxylic acids is 1. The summed E-state index contributed by atoms with van der Waals surface area (Å²) in [4.78, 5) is 16.0. The number of pyridine rings is 1. The third-order valence-electron chi connectivity index (χ3n) is 2.68. The number of hydrogen-bond donors (Lipinski definition) is 2. The molecule has 2 rings (SSSR count). The number of nitrogens with two attached hydrogens (primary N) is 1. The van der Waals surface area contributed by atoms with E-state index < -0.39 is 0 Å². The average Bonchev–Trinajstić information content (AvgIpc) is 2.37. The largest absolute Gasteiger partial charge is 0.398 e. The summed E-state index contributed by atoms with van der Waals surface area (Å²) in [6.07, 6.45) is 1.49. The molecule has 19 heavy (non-hydrogen) atoms. The van der Waals surface area contributed by atoms with Gasteiger partial charge >= 0.3 is 0 Å². The molecule has 1 amide bonds. The smallest absolute Gasteiger partial charge is 0.255 e. The van der Waals surface area contributed by atoms with Gasteiger partial charge in [-0.1, -0.05) is 23.7 Å². The third kappa shape index (κ3) is 3.45. The monoisotopic (exact) mass is 275 g/mol. The molecule has 0 radical (unpaired) electrons. The molecule has 0 saturated carbocycles. The number of carbonyl (C=O) groups is 1. The minimum atomic E-state index is -0.236. The second kappa shape index (κ2) is 5.71. The number of halogens is 1. The number of hydrogen-bond acceptors (Lipinski definition) is 3. The van der Waals surface area contributed by atoms with Crippen LogP contribution in [0.15, 0.2) is 36.5 Å². The number of amides is 1. The summed E-state index contributed by atoms with van der Waals surface area (Å²) in [5.74, 6) is -0.236. The first-order chi connectivity index (χ1) is 9.06. The first kappa shape index (κ1) is 13.4. The van der Waals surface area contributed by atoms with Gasteiger partial charge in [0.2, 0.25) is 0 Å². The van der Waals surface area contributed by atoms with Crippen molar-refractivity contribution in [1.82, 2.24) is 10.3 Å². The standard InChI is InChI=1S/C14H14ClN3O/c1-9-6-13(16)12(8-17-9)14(19)18-7-10-2-4-11(15)5-3-10/h2-6,8H,7H2,1H3,(H2,16,17)(H,18,19). The molecule has 1 aromatic carbocycles. The van der Waals surface area contributed by atoms with Gasteiger partial charge in [-0.05, 0) is 30.7 Å². The fourth-order valence-corrected chi connectivity index (χ4v) is 1.78. The molecule has 5 heteroatoms. The Balaban J connectivity index is 2.03.